The van der Waals surface area contributed by atoms with Gasteiger partial charge in [0, 0.05) is 6.20 Å². The summed E-state index contributed by atoms with van der Waals surface area (Å²) in [5.41, 5.74) is 2.98. The molecule has 2 aromatic rings. The largest absolute Gasteiger partial charge is 0.332 e. The van der Waals surface area contributed by atoms with E-state index in [4.69, 9.17) is 0 Å². The normalized spacial score (nSPS) is 15.9. The minimum Gasteiger partial charge on any atom is -0.332 e. The molecule has 3 rings (SSSR count). The molecule has 2 amide bonds. The molecule has 1 aromatic heterocycles. The van der Waals surface area contributed by atoms with E-state index in [0.717, 1.165) is 31.4 Å². The van der Waals surface area contributed by atoms with Gasteiger partial charge in [-0.3, -0.25) is 0 Å². The summed E-state index contributed by atoms with van der Waals surface area (Å²) in [7, 11) is 0. The molecule has 0 atom stereocenters. The van der Waals surface area contributed by atoms with Crippen LogP contribution in [0.25, 0.3) is 0 Å². The molecule has 5 nitrogen and oxygen atoms in total. The summed E-state index contributed by atoms with van der Waals surface area (Å²) in [5.74, 6) is 0.710. The van der Waals surface area contributed by atoms with Crippen LogP contribution in [0.15, 0.2) is 36.5 Å². The van der Waals surface area contributed by atoms with Gasteiger partial charge < -0.3 is 10.6 Å². The fourth-order valence-corrected chi connectivity index (χ4v) is 3.44. The predicted octanol–water partition coefficient (Wildman–Crippen LogP) is 3.36. The van der Waals surface area contributed by atoms with Gasteiger partial charge in [0.25, 0.3) is 0 Å². The predicted molar refractivity (Wildman–Crippen MR) is 93.5 cm³/mol. The summed E-state index contributed by atoms with van der Waals surface area (Å²) in [6.45, 7) is 4.33. The molecular weight excluding hydrogens is 300 g/mol. The van der Waals surface area contributed by atoms with Crippen LogP contribution < -0.4 is 10.6 Å². The van der Waals surface area contributed by atoms with Crippen molar-refractivity contribution in [2.75, 3.05) is 0 Å². The van der Waals surface area contributed by atoms with E-state index < -0.39 is 0 Å². The molecular formula is C19H24N4O. The molecule has 126 valence electrons. The van der Waals surface area contributed by atoms with Crippen molar-refractivity contribution in [3.63, 3.8) is 0 Å². The summed E-state index contributed by atoms with van der Waals surface area (Å²) in [6, 6.07) is 10.1. The number of urea groups is 1. The minimum atomic E-state index is -0.252. The van der Waals surface area contributed by atoms with Gasteiger partial charge in [0.1, 0.15) is 5.82 Å². The van der Waals surface area contributed by atoms with Crippen LogP contribution in [0.4, 0.5) is 4.79 Å². The number of amides is 2. The first-order chi connectivity index (χ1) is 11.6. The van der Waals surface area contributed by atoms with E-state index in [1.165, 1.54) is 11.1 Å². The monoisotopic (exact) mass is 324 g/mol. The SMILES string of the molecule is Cc1cccc(C2(NC(=O)NCc3ccnc(C)n3)CCCC2)c1. The Hall–Kier alpha value is -2.43. The zero-order valence-corrected chi connectivity index (χ0v) is 14.3. The molecule has 1 fully saturated rings. The van der Waals surface area contributed by atoms with Crippen molar-refractivity contribution in [1.29, 1.82) is 0 Å². The standard InChI is InChI=1S/C19H24N4O/c1-14-6-5-7-16(12-14)19(9-3-4-10-19)23-18(24)21-13-17-8-11-20-15(2)22-17/h5-8,11-12H,3-4,9-10,13H2,1-2H3,(H2,21,23,24). The van der Waals surface area contributed by atoms with Crippen molar-refractivity contribution in [1.82, 2.24) is 20.6 Å². The Kier molecular flexibility index (Phi) is 4.79. The van der Waals surface area contributed by atoms with Crippen LogP contribution in [0.3, 0.4) is 0 Å². The van der Waals surface area contributed by atoms with Gasteiger partial charge >= 0.3 is 6.03 Å². The fraction of sp³-hybridized carbons (Fsp3) is 0.421. The third kappa shape index (κ3) is 3.72. The number of nitrogens with one attached hydrogen (secondary N) is 2. The highest BCUT2D eigenvalue weighted by Gasteiger charge is 2.37. The summed E-state index contributed by atoms with van der Waals surface area (Å²) in [5, 5.41) is 6.15. The lowest BCUT2D eigenvalue weighted by atomic mass is 9.87. The number of rotatable bonds is 4. The number of hydrogen-bond donors (Lipinski definition) is 2. The van der Waals surface area contributed by atoms with Crippen molar-refractivity contribution < 1.29 is 4.79 Å². The van der Waals surface area contributed by atoms with Crippen molar-refractivity contribution in [3.05, 3.63) is 59.2 Å². The molecule has 0 spiro atoms. The average Bonchev–Trinajstić information content (AvgIpc) is 3.03. The Bertz CT molecular complexity index is 723. The lowest BCUT2D eigenvalue weighted by Crippen LogP contribution is -2.48. The highest BCUT2D eigenvalue weighted by atomic mass is 16.2. The number of aromatic nitrogens is 2. The molecule has 24 heavy (non-hydrogen) atoms. The van der Waals surface area contributed by atoms with Gasteiger partial charge in [-0.05, 0) is 38.3 Å². The molecule has 5 heteroatoms. The van der Waals surface area contributed by atoms with Crippen LogP contribution in [0, 0.1) is 13.8 Å². The number of hydrogen-bond acceptors (Lipinski definition) is 3. The van der Waals surface area contributed by atoms with Gasteiger partial charge in [0.05, 0.1) is 17.8 Å². The smallest absolute Gasteiger partial charge is 0.315 e. The number of carbonyl (C=O) groups is 1. The van der Waals surface area contributed by atoms with Gasteiger partial charge in [0.2, 0.25) is 0 Å². The second-order valence-corrected chi connectivity index (χ2v) is 6.56. The summed E-state index contributed by atoms with van der Waals surface area (Å²) >= 11 is 0. The van der Waals surface area contributed by atoms with Crippen molar-refractivity contribution in [2.24, 2.45) is 0 Å². The lowest BCUT2D eigenvalue weighted by molar-refractivity contribution is 0.224. The Labute approximate surface area is 142 Å². The van der Waals surface area contributed by atoms with E-state index in [2.05, 4.69) is 51.8 Å². The van der Waals surface area contributed by atoms with Gasteiger partial charge in [-0.15, -0.1) is 0 Å². The third-order valence-corrected chi connectivity index (χ3v) is 4.64. The highest BCUT2D eigenvalue weighted by molar-refractivity contribution is 5.75. The number of aryl methyl sites for hydroxylation is 2. The van der Waals surface area contributed by atoms with E-state index in [-0.39, 0.29) is 11.6 Å². The van der Waals surface area contributed by atoms with Crippen LogP contribution >= 0.6 is 0 Å². The maximum atomic E-state index is 12.5. The molecule has 1 aromatic carbocycles. The topological polar surface area (TPSA) is 66.9 Å². The van der Waals surface area contributed by atoms with Crippen molar-refractivity contribution >= 4 is 6.03 Å². The second-order valence-electron chi connectivity index (χ2n) is 6.56. The summed E-state index contributed by atoms with van der Waals surface area (Å²) in [4.78, 5) is 20.8. The molecule has 1 aliphatic rings. The lowest BCUT2D eigenvalue weighted by Gasteiger charge is -2.31. The fourth-order valence-electron chi connectivity index (χ4n) is 3.44. The quantitative estimate of drug-likeness (QED) is 0.906. The van der Waals surface area contributed by atoms with E-state index in [1.54, 1.807) is 6.20 Å². The molecule has 0 saturated heterocycles. The van der Waals surface area contributed by atoms with Crippen molar-refractivity contribution in [2.45, 2.75) is 51.6 Å². The van der Waals surface area contributed by atoms with Crippen LogP contribution in [0.5, 0.6) is 0 Å². The van der Waals surface area contributed by atoms with Crippen LogP contribution in [-0.2, 0) is 12.1 Å². The van der Waals surface area contributed by atoms with Crippen LogP contribution in [0.2, 0.25) is 0 Å². The van der Waals surface area contributed by atoms with Crippen LogP contribution in [-0.4, -0.2) is 16.0 Å². The van der Waals surface area contributed by atoms with Gasteiger partial charge in [-0.2, -0.15) is 0 Å². The van der Waals surface area contributed by atoms with Gasteiger partial charge in [-0.1, -0.05) is 42.7 Å². The molecule has 0 aliphatic heterocycles. The van der Waals surface area contributed by atoms with E-state index in [1.807, 2.05) is 13.0 Å². The molecule has 1 saturated carbocycles. The Morgan fingerprint density at radius 3 is 2.71 bits per heavy atom. The van der Waals surface area contributed by atoms with E-state index >= 15 is 0 Å². The molecule has 0 unspecified atom stereocenters. The summed E-state index contributed by atoms with van der Waals surface area (Å²) < 4.78 is 0. The molecule has 0 bridgehead atoms. The molecule has 0 radical (unpaired) electrons. The Morgan fingerprint density at radius 2 is 2.00 bits per heavy atom. The van der Waals surface area contributed by atoms with E-state index in [0.29, 0.717) is 12.4 Å². The number of nitrogens with zero attached hydrogens (tertiary/aromatic N) is 2. The molecule has 1 heterocycles. The van der Waals surface area contributed by atoms with Crippen LogP contribution in [0.1, 0.15) is 48.3 Å². The zero-order chi connectivity index (χ0) is 17.0. The second kappa shape index (κ2) is 6.99. The Morgan fingerprint density at radius 1 is 1.21 bits per heavy atom. The van der Waals surface area contributed by atoms with E-state index in [9.17, 15) is 4.79 Å². The average molecular weight is 324 g/mol. The first-order valence-corrected chi connectivity index (χ1v) is 8.49. The molecule has 2 N–H and O–H groups in total. The highest BCUT2D eigenvalue weighted by Crippen LogP contribution is 2.38. The Balaban J connectivity index is 1.68. The van der Waals surface area contributed by atoms with Gasteiger partial charge in [-0.25, -0.2) is 14.8 Å². The minimum absolute atomic E-state index is 0.144. The molecule has 1 aliphatic carbocycles. The first kappa shape index (κ1) is 16.4. The van der Waals surface area contributed by atoms with Gasteiger partial charge in [0.15, 0.2) is 0 Å². The maximum absolute atomic E-state index is 12.5. The zero-order valence-electron chi connectivity index (χ0n) is 14.3. The first-order valence-electron chi connectivity index (χ1n) is 8.49. The maximum Gasteiger partial charge on any atom is 0.315 e. The third-order valence-electron chi connectivity index (χ3n) is 4.64. The van der Waals surface area contributed by atoms with Crippen molar-refractivity contribution in [3.8, 4) is 0 Å². The summed E-state index contributed by atoms with van der Waals surface area (Å²) in [6.07, 6.45) is 5.95. The number of carbonyl (C=O) groups excluding carboxylic acids is 1. The number of benzene rings is 1.